The molecular formula is C30H29N2O3P. The van der Waals surface area contributed by atoms with Crippen molar-refractivity contribution in [2.75, 3.05) is 13.2 Å². The Morgan fingerprint density at radius 2 is 1.28 bits per heavy atom. The smallest absolute Gasteiger partial charge is 0.308 e. The Kier molecular flexibility index (Phi) is 7.15. The Morgan fingerprint density at radius 3 is 1.92 bits per heavy atom. The second-order valence-electron chi connectivity index (χ2n) is 8.42. The minimum atomic E-state index is -3.64. The van der Waals surface area contributed by atoms with Crippen LogP contribution in [0.3, 0.4) is 0 Å². The fourth-order valence-electron chi connectivity index (χ4n) is 4.61. The number of fused-ring (bicyclic) bond motifs is 1. The molecular weight excluding hydrogens is 467 g/mol. The van der Waals surface area contributed by atoms with Crippen LogP contribution in [0.2, 0.25) is 0 Å². The molecule has 0 aliphatic carbocycles. The summed E-state index contributed by atoms with van der Waals surface area (Å²) in [6.07, 6.45) is 0. The molecule has 5 aromatic rings. The van der Waals surface area contributed by atoms with Gasteiger partial charge in [0.05, 0.1) is 30.1 Å². The molecule has 0 saturated carbocycles. The van der Waals surface area contributed by atoms with E-state index >= 15 is 0 Å². The lowest BCUT2D eigenvalue weighted by atomic mass is 10.0. The largest absolute Gasteiger partial charge is 0.344 e. The van der Waals surface area contributed by atoms with Crippen LogP contribution in [0, 0.1) is 0 Å². The van der Waals surface area contributed by atoms with E-state index in [0.717, 1.165) is 39.0 Å². The van der Waals surface area contributed by atoms with Gasteiger partial charge in [-0.3, -0.25) is 4.57 Å². The summed E-state index contributed by atoms with van der Waals surface area (Å²) in [6.45, 7) is 4.22. The maximum absolute atomic E-state index is 14.5. The number of hydrogen-bond donors (Lipinski definition) is 0. The first-order valence-electron chi connectivity index (χ1n) is 12.2. The average molecular weight is 497 g/mol. The summed E-state index contributed by atoms with van der Waals surface area (Å²) in [5.74, 6) is 0. The van der Waals surface area contributed by atoms with E-state index in [1.807, 2.05) is 103 Å². The van der Waals surface area contributed by atoms with Crippen molar-refractivity contribution in [3.05, 3.63) is 120 Å². The molecule has 0 bridgehead atoms. The third-order valence-electron chi connectivity index (χ3n) is 6.14. The standard InChI is InChI=1S/C30H29N2O3P/c1-3-34-36(33,35-4-2)30(25-21-19-24(20-22-25)23-13-7-5-8-14-23)29-27-17-11-12-18-28(27)31-32(29)26-15-9-6-10-16-26/h5-22,30H,3-4H2,1-2H3. The van der Waals surface area contributed by atoms with Crippen LogP contribution in [0.25, 0.3) is 27.7 Å². The highest BCUT2D eigenvalue weighted by atomic mass is 31.2. The molecule has 0 amide bonds. The lowest BCUT2D eigenvalue weighted by Gasteiger charge is -2.28. The molecule has 0 saturated heterocycles. The highest BCUT2D eigenvalue weighted by Gasteiger charge is 2.41. The van der Waals surface area contributed by atoms with E-state index in [1.165, 1.54) is 0 Å². The Hall–Kier alpha value is -3.50. The molecule has 0 aliphatic heterocycles. The molecule has 1 atom stereocenters. The molecule has 0 N–H and O–H groups in total. The van der Waals surface area contributed by atoms with Crippen LogP contribution in [-0.2, 0) is 13.6 Å². The van der Waals surface area contributed by atoms with Crippen molar-refractivity contribution >= 4 is 18.5 Å². The third kappa shape index (κ3) is 4.66. The van der Waals surface area contributed by atoms with E-state index in [1.54, 1.807) is 0 Å². The fourth-order valence-corrected chi connectivity index (χ4v) is 6.78. The molecule has 182 valence electrons. The Labute approximate surface area is 211 Å². The number of benzene rings is 4. The van der Waals surface area contributed by atoms with Gasteiger partial charge in [-0.05, 0) is 48.7 Å². The van der Waals surface area contributed by atoms with Crippen molar-refractivity contribution in [1.29, 1.82) is 0 Å². The van der Waals surface area contributed by atoms with E-state index in [4.69, 9.17) is 14.1 Å². The van der Waals surface area contributed by atoms with Gasteiger partial charge >= 0.3 is 7.60 Å². The zero-order valence-electron chi connectivity index (χ0n) is 20.5. The molecule has 4 aromatic carbocycles. The molecule has 6 heteroatoms. The first-order chi connectivity index (χ1) is 17.6. The molecule has 0 radical (unpaired) electrons. The highest BCUT2D eigenvalue weighted by molar-refractivity contribution is 7.54. The van der Waals surface area contributed by atoms with Crippen molar-refractivity contribution in [2.45, 2.75) is 19.5 Å². The van der Waals surface area contributed by atoms with Gasteiger partial charge in [-0.15, -0.1) is 0 Å². The van der Waals surface area contributed by atoms with Gasteiger partial charge in [0.25, 0.3) is 0 Å². The number of para-hydroxylation sites is 1. The molecule has 5 rings (SSSR count). The van der Waals surface area contributed by atoms with E-state index in [0.29, 0.717) is 0 Å². The number of aromatic nitrogens is 2. The molecule has 1 unspecified atom stereocenters. The minimum Gasteiger partial charge on any atom is -0.308 e. The second kappa shape index (κ2) is 10.6. The van der Waals surface area contributed by atoms with Crippen LogP contribution in [0.15, 0.2) is 109 Å². The zero-order valence-corrected chi connectivity index (χ0v) is 21.3. The van der Waals surface area contributed by atoms with Crippen molar-refractivity contribution in [2.24, 2.45) is 0 Å². The van der Waals surface area contributed by atoms with Crippen LogP contribution >= 0.6 is 7.60 Å². The van der Waals surface area contributed by atoms with E-state index in [9.17, 15) is 4.57 Å². The SMILES string of the molecule is CCOP(=O)(OCC)C(c1ccc(-c2ccccc2)cc1)c1c2ccccc2nn1-c1ccccc1. The second-order valence-corrected chi connectivity index (χ2v) is 10.5. The monoisotopic (exact) mass is 496 g/mol. The van der Waals surface area contributed by atoms with Gasteiger partial charge in [0, 0.05) is 5.39 Å². The molecule has 0 aliphatic rings. The normalized spacial score (nSPS) is 12.6. The van der Waals surface area contributed by atoms with Gasteiger partial charge in [0.1, 0.15) is 5.66 Å². The predicted octanol–water partition coefficient (Wildman–Crippen LogP) is 8.05. The summed E-state index contributed by atoms with van der Waals surface area (Å²) in [4.78, 5) is 0. The Bertz CT molecular complexity index is 1470. The fraction of sp³-hybridized carbons (Fsp3) is 0.167. The van der Waals surface area contributed by atoms with Crippen LogP contribution < -0.4 is 0 Å². The topological polar surface area (TPSA) is 53.4 Å². The van der Waals surface area contributed by atoms with E-state index < -0.39 is 13.3 Å². The quantitative estimate of drug-likeness (QED) is 0.194. The molecule has 1 heterocycles. The summed E-state index contributed by atoms with van der Waals surface area (Å²) < 4.78 is 28.3. The van der Waals surface area contributed by atoms with Crippen molar-refractivity contribution in [1.82, 2.24) is 9.78 Å². The van der Waals surface area contributed by atoms with Gasteiger partial charge in [-0.2, -0.15) is 5.10 Å². The summed E-state index contributed by atoms with van der Waals surface area (Å²) in [6, 6.07) is 36.2. The molecule has 0 spiro atoms. The molecule has 5 nitrogen and oxygen atoms in total. The lowest BCUT2D eigenvalue weighted by Crippen LogP contribution is -2.13. The molecule has 0 fully saturated rings. The molecule has 1 aromatic heterocycles. The van der Waals surface area contributed by atoms with Gasteiger partial charge < -0.3 is 9.05 Å². The average Bonchev–Trinajstić information content (AvgIpc) is 3.30. The van der Waals surface area contributed by atoms with E-state index in [2.05, 4.69) is 24.3 Å². The maximum atomic E-state index is 14.5. The maximum Gasteiger partial charge on any atom is 0.344 e. The van der Waals surface area contributed by atoms with Crippen LogP contribution in [-0.4, -0.2) is 23.0 Å². The third-order valence-corrected chi connectivity index (χ3v) is 8.55. The van der Waals surface area contributed by atoms with E-state index in [-0.39, 0.29) is 13.2 Å². The summed E-state index contributed by atoms with van der Waals surface area (Å²) in [5, 5.41) is 5.83. The number of nitrogens with zero attached hydrogens (tertiary/aromatic N) is 2. The minimum absolute atomic E-state index is 0.271. The van der Waals surface area contributed by atoms with Crippen LogP contribution in [0.4, 0.5) is 0 Å². The Balaban J connectivity index is 1.75. The van der Waals surface area contributed by atoms with Crippen LogP contribution in [0.5, 0.6) is 0 Å². The Morgan fingerprint density at radius 1 is 0.722 bits per heavy atom. The van der Waals surface area contributed by atoms with Crippen molar-refractivity contribution in [3.8, 4) is 16.8 Å². The van der Waals surface area contributed by atoms with Crippen molar-refractivity contribution < 1.29 is 13.6 Å². The number of hydrogen-bond acceptors (Lipinski definition) is 4. The van der Waals surface area contributed by atoms with Gasteiger partial charge in [-0.25, -0.2) is 4.68 Å². The first kappa shape index (κ1) is 24.2. The number of rotatable bonds is 9. The summed E-state index contributed by atoms with van der Waals surface area (Å²) in [7, 11) is -3.64. The van der Waals surface area contributed by atoms with Crippen molar-refractivity contribution in [3.63, 3.8) is 0 Å². The zero-order chi connectivity index (χ0) is 25.0. The first-order valence-corrected chi connectivity index (χ1v) is 13.8. The van der Waals surface area contributed by atoms with Gasteiger partial charge in [0.2, 0.25) is 0 Å². The lowest BCUT2D eigenvalue weighted by molar-refractivity contribution is 0.214. The predicted molar refractivity (Wildman–Crippen MR) is 146 cm³/mol. The summed E-state index contributed by atoms with van der Waals surface area (Å²) in [5.41, 5.74) is 4.88. The van der Waals surface area contributed by atoms with Crippen LogP contribution in [0.1, 0.15) is 30.8 Å². The summed E-state index contributed by atoms with van der Waals surface area (Å²) >= 11 is 0. The van der Waals surface area contributed by atoms with Gasteiger partial charge in [0.15, 0.2) is 0 Å². The highest BCUT2D eigenvalue weighted by Crippen LogP contribution is 2.64. The molecule has 36 heavy (non-hydrogen) atoms. The van der Waals surface area contributed by atoms with Gasteiger partial charge in [-0.1, -0.05) is 91.0 Å².